The number of benzene rings is 2. The Bertz CT molecular complexity index is 949. The van der Waals surface area contributed by atoms with E-state index in [0.29, 0.717) is 18.4 Å². The van der Waals surface area contributed by atoms with Crippen molar-refractivity contribution in [3.05, 3.63) is 70.3 Å². The van der Waals surface area contributed by atoms with Gasteiger partial charge in [0.2, 0.25) is 0 Å². The van der Waals surface area contributed by atoms with Crippen molar-refractivity contribution in [2.75, 3.05) is 13.1 Å². The number of rotatable bonds is 4. The summed E-state index contributed by atoms with van der Waals surface area (Å²) in [6.07, 6.45) is 0.663. The van der Waals surface area contributed by atoms with Gasteiger partial charge in [-0.15, -0.1) is 0 Å². The summed E-state index contributed by atoms with van der Waals surface area (Å²) in [5.74, 6) is -3.81. The summed E-state index contributed by atoms with van der Waals surface area (Å²) < 4.78 is 27.2. The molecule has 1 aliphatic rings. The number of carboxylic acid groups (broad SMARTS) is 1. The summed E-state index contributed by atoms with van der Waals surface area (Å²) in [6, 6.07) is 7.22. The second-order valence-electron chi connectivity index (χ2n) is 6.95. The van der Waals surface area contributed by atoms with Gasteiger partial charge in [0, 0.05) is 24.6 Å². The molecule has 1 fully saturated rings. The van der Waals surface area contributed by atoms with Crippen LogP contribution in [0.2, 0.25) is 0 Å². The van der Waals surface area contributed by atoms with E-state index in [0.717, 1.165) is 18.2 Å². The lowest BCUT2D eigenvalue weighted by Crippen LogP contribution is -2.40. The van der Waals surface area contributed by atoms with Gasteiger partial charge in [0.15, 0.2) is 5.78 Å². The fraction of sp³-hybridized carbons (Fsp3) is 0.286. The number of piperidine rings is 1. The number of carbonyl (C=O) groups excluding carboxylic acids is 2. The zero-order chi connectivity index (χ0) is 20.4. The SMILES string of the molecule is Cc1cc(C(=O)O)cc(C(=O)N2CCC(C(=O)c3cc(F)ccc3F)CC2)c1. The molecule has 5 nitrogen and oxygen atoms in total. The van der Waals surface area contributed by atoms with Gasteiger partial charge in [-0.25, -0.2) is 13.6 Å². The highest BCUT2D eigenvalue weighted by Crippen LogP contribution is 2.25. The van der Waals surface area contributed by atoms with Gasteiger partial charge >= 0.3 is 5.97 Å². The molecule has 0 aromatic heterocycles. The highest BCUT2D eigenvalue weighted by molar-refractivity contribution is 5.99. The predicted molar refractivity (Wildman–Crippen MR) is 97.5 cm³/mol. The van der Waals surface area contributed by atoms with E-state index in [9.17, 15) is 23.2 Å². The molecule has 1 saturated heterocycles. The number of carboxylic acids is 1. The van der Waals surface area contributed by atoms with E-state index in [1.165, 1.54) is 12.1 Å². The average Bonchev–Trinajstić information content (AvgIpc) is 2.68. The Hall–Kier alpha value is -3.09. The minimum absolute atomic E-state index is 0.0370. The number of halogens is 2. The van der Waals surface area contributed by atoms with Crippen molar-refractivity contribution in [2.24, 2.45) is 5.92 Å². The maximum absolute atomic E-state index is 13.8. The van der Waals surface area contributed by atoms with Crippen molar-refractivity contribution in [3.63, 3.8) is 0 Å². The quantitative estimate of drug-likeness (QED) is 0.812. The number of amides is 1. The van der Waals surface area contributed by atoms with Crippen LogP contribution in [0.3, 0.4) is 0 Å². The van der Waals surface area contributed by atoms with E-state index in [-0.39, 0.29) is 35.7 Å². The van der Waals surface area contributed by atoms with Crippen LogP contribution < -0.4 is 0 Å². The molecular formula is C21H19F2NO4. The van der Waals surface area contributed by atoms with Crippen molar-refractivity contribution in [3.8, 4) is 0 Å². The van der Waals surface area contributed by atoms with Crippen molar-refractivity contribution in [1.29, 1.82) is 0 Å². The lowest BCUT2D eigenvalue weighted by molar-refractivity contribution is 0.0648. The fourth-order valence-corrected chi connectivity index (χ4v) is 3.46. The topological polar surface area (TPSA) is 74.7 Å². The van der Waals surface area contributed by atoms with Crippen LogP contribution in [0.15, 0.2) is 36.4 Å². The van der Waals surface area contributed by atoms with Crippen LogP contribution in [0.1, 0.15) is 49.5 Å². The first-order valence-electron chi connectivity index (χ1n) is 8.90. The van der Waals surface area contributed by atoms with Gasteiger partial charge in [-0.2, -0.15) is 0 Å². The second-order valence-corrected chi connectivity index (χ2v) is 6.95. The zero-order valence-electron chi connectivity index (χ0n) is 15.2. The number of hydrogen-bond donors (Lipinski definition) is 1. The molecule has 0 bridgehead atoms. The van der Waals surface area contributed by atoms with E-state index in [1.54, 1.807) is 17.9 Å². The predicted octanol–water partition coefficient (Wildman–Crippen LogP) is 3.71. The van der Waals surface area contributed by atoms with E-state index >= 15 is 0 Å². The summed E-state index contributed by atoms with van der Waals surface area (Å²) in [5, 5.41) is 9.15. The zero-order valence-corrected chi connectivity index (χ0v) is 15.2. The Kier molecular flexibility index (Phi) is 5.53. The van der Waals surface area contributed by atoms with Crippen molar-refractivity contribution >= 4 is 17.7 Å². The van der Waals surface area contributed by atoms with Crippen LogP contribution in [-0.2, 0) is 0 Å². The fourth-order valence-electron chi connectivity index (χ4n) is 3.46. The minimum Gasteiger partial charge on any atom is -0.478 e. The normalized spacial score (nSPS) is 14.8. The molecule has 3 rings (SSSR count). The first kappa shape index (κ1) is 19.7. The van der Waals surface area contributed by atoms with Gasteiger partial charge in [-0.3, -0.25) is 9.59 Å². The van der Waals surface area contributed by atoms with Gasteiger partial charge < -0.3 is 10.0 Å². The third kappa shape index (κ3) is 4.08. The Morgan fingerprint density at radius 3 is 2.29 bits per heavy atom. The number of ketones is 1. The van der Waals surface area contributed by atoms with Crippen molar-refractivity contribution in [1.82, 2.24) is 4.90 Å². The van der Waals surface area contributed by atoms with E-state index < -0.39 is 29.3 Å². The molecule has 1 aliphatic heterocycles. The smallest absolute Gasteiger partial charge is 0.335 e. The summed E-state index contributed by atoms with van der Waals surface area (Å²) >= 11 is 0. The van der Waals surface area contributed by atoms with Crippen LogP contribution in [0, 0.1) is 24.5 Å². The molecule has 0 unspecified atom stereocenters. The van der Waals surface area contributed by atoms with Gasteiger partial charge in [0.25, 0.3) is 5.91 Å². The van der Waals surface area contributed by atoms with Crippen LogP contribution in [-0.4, -0.2) is 40.8 Å². The Labute approximate surface area is 160 Å². The average molecular weight is 387 g/mol. The van der Waals surface area contributed by atoms with Crippen LogP contribution in [0.4, 0.5) is 8.78 Å². The summed E-state index contributed by atoms with van der Waals surface area (Å²) in [5.41, 5.74) is 0.706. The lowest BCUT2D eigenvalue weighted by Gasteiger charge is -2.31. The Balaban J connectivity index is 1.70. The molecule has 0 radical (unpaired) electrons. The maximum atomic E-state index is 13.8. The molecule has 1 heterocycles. The Morgan fingerprint density at radius 1 is 1.00 bits per heavy atom. The number of hydrogen-bond acceptors (Lipinski definition) is 3. The standard InChI is InChI=1S/C21H19F2NO4/c1-12-8-14(10-15(9-12)21(27)28)20(26)24-6-4-13(5-7-24)19(25)17-11-16(22)2-3-18(17)23/h2-3,8-11,13H,4-7H2,1H3,(H,27,28). The first-order valence-corrected chi connectivity index (χ1v) is 8.90. The minimum atomic E-state index is -1.11. The molecule has 146 valence electrons. The van der Waals surface area contributed by atoms with E-state index in [4.69, 9.17) is 5.11 Å². The monoisotopic (exact) mass is 387 g/mol. The largest absolute Gasteiger partial charge is 0.478 e. The Morgan fingerprint density at radius 2 is 1.64 bits per heavy atom. The number of carbonyl (C=O) groups is 3. The second kappa shape index (κ2) is 7.88. The third-order valence-corrected chi connectivity index (χ3v) is 4.92. The van der Waals surface area contributed by atoms with Crippen molar-refractivity contribution < 1.29 is 28.3 Å². The molecule has 0 saturated carbocycles. The first-order chi connectivity index (χ1) is 13.3. The van der Waals surface area contributed by atoms with Gasteiger partial charge in [-0.1, -0.05) is 0 Å². The number of aryl methyl sites for hydroxylation is 1. The molecule has 0 atom stereocenters. The van der Waals surface area contributed by atoms with Gasteiger partial charge in [0.05, 0.1) is 11.1 Å². The van der Waals surface area contributed by atoms with Gasteiger partial charge in [0.1, 0.15) is 11.6 Å². The molecule has 0 aliphatic carbocycles. The summed E-state index contributed by atoms with van der Waals surface area (Å²) in [4.78, 5) is 38.0. The molecular weight excluding hydrogens is 368 g/mol. The lowest BCUT2D eigenvalue weighted by atomic mass is 9.88. The number of aromatic carboxylic acids is 1. The molecule has 1 amide bonds. The maximum Gasteiger partial charge on any atom is 0.335 e. The van der Waals surface area contributed by atoms with Gasteiger partial charge in [-0.05, 0) is 61.7 Å². The number of likely N-dealkylation sites (tertiary alicyclic amines) is 1. The van der Waals surface area contributed by atoms with Crippen LogP contribution >= 0.6 is 0 Å². The van der Waals surface area contributed by atoms with Crippen molar-refractivity contribution in [2.45, 2.75) is 19.8 Å². The molecule has 2 aromatic rings. The highest BCUT2D eigenvalue weighted by Gasteiger charge is 2.30. The third-order valence-electron chi connectivity index (χ3n) is 4.92. The molecule has 1 N–H and O–H groups in total. The molecule has 28 heavy (non-hydrogen) atoms. The van der Waals surface area contributed by atoms with E-state index in [2.05, 4.69) is 0 Å². The molecule has 7 heteroatoms. The van der Waals surface area contributed by atoms with Crippen LogP contribution in [0.5, 0.6) is 0 Å². The number of nitrogens with zero attached hydrogens (tertiary/aromatic N) is 1. The summed E-state index contributed by atoms with van der Waals surface area (Å²) in [6.45, 7) is 2.27. The number of Topliss-reactive ketones (excluding diaryl/α,β-unsaturated/α-hetero) is 1. The summed E-state index contributed by atoms with van der Waals surface area (Å²) in [7, 11) is 0. The van der Waals surface area contributed by atoms with E-state index in [1.807, 2.05) is 0 Å². The highest BCUT2D eigenvalue weighted by atomic mass is 19.1. The molecule has 2 aromatic carbocycles. The van der Waals surface area contributed by atoms with Crippen LogP contribution in [0.25, 0.3) is 0 Å². The molecule has 0 spiro atoms.